The molecule has 0 aromatic heterocycles. The number of hydrogen-bond donors (Lipinski definition) is 2. The highest BCUT2D eigenvalue weighted by atomic mass is 16.5. The molecule has 29 heavy (non-hydrogen) atoms. The van der Waals surface area contributed by atoms with Gasteiger partial charge in [0.2, 0.25) is 0 Å². The molecule has 0 aromatic carbocycles. The number of aliphatic hydroxyl groups is 2. The lowest BCUT2D eigenvalue weighted by Gasteiger charge is -2.58. The Labute approximate surface area is 175 Å². The van der Waals surface area contributed by atoms with Crippen molar-refractivity contribution >= 4 is 5.97 Å². The van der Waals surface area contributed by atoms with Gasteiger partial charge in [0, 0.05) is 25.4 Å². The van der Waals surface area contributed by atoms with E-state index < -0.39 is 23.7 Å². The number of fused-ring (bicyclic) bond motifs is 3. The van der Waals surface area contributed by atoms with Crippen LogP contribution >= 0.6 is 0 Å². The molecule has 3 aliphatic carbocycles. The second-order valence-corrected chi connectivity index (χ2v) is 10.2. The van der Waals surface area contributed by atoms with Gasteiger partial charge in [-0.3, -0.25) is 4.79 Å². The van der Waals surface area contributed by atoms with E-state index in [2.05, 4.69) is 34.3 Å². The molecule has 0 unspecified atom stereocenters. The molecule has 5 heteroatoms. The summed E-state index contributed by atoms with van der Waals surface area (Å²) in [6, 6.07) is 0. The van der Waals surface area contributed by atoms with Gasteiger partial charge in [0.25, 0.3) is 0 Å². The highest BCUT2D eigenvalue weighted by molar-refractivity contribution is 5.66. The molecule has 0 spiro atoms. The topological polar surface area (TPSA) is 76.0 Å². The fourth-order valence-corrected chi connectivity index (χ4v) is 6.79. The van der Waals surface area contributed by atoms with Crippen LogP contribution in [0.25, 0.3) is 0 Å². The Morgan fingerprint density at radius 1 is 1.28 bits per heavy atom. The van der Waals surface area contributed by atoms with Crippen LogP contribution in [-0.4, -0.2) is 47.2 Å². The lowest BCUT2D eigenvalue weighted by molar-refractivity contribution is -0.175. The SMILES string of the molecule is C=C1[C@@H](O)CC[C@@]2(C)C[C@H](OCC)C3=C(C)C[C@H](O)[C@@H]([C@@H](OC(C)=O)[C@H]12)C3(C)C. The average Bonchev–Trinajstić information content (AvgIpc) is 2.56. The van der Waals surface area contributed by atoms with Crippen LogP contribution in [0.15, 0.2) is 23.3 Å². The first-order valence-corrected chi connectivity index (χ1v) is 11.0. The van der Waals surface area contributed by atoms with E-state index in [0.717, 1.165) is 18.4 Å². The van der Waals surface area contributed by atoms with Crippen LogP contribution < -0.4 is 0 Å². The minimum absolute atomic E-state index is 0.0566. The molecule has 0 amide bonds. The van der Waals surface area contributed by atoms with E-state index in [9.17, 15) is 15.0 Å². The Kier molecular flexibility index (Phi) is 6.07. The zero-order valence-electron chi connectivity index (χ0n) is 18.8. The Bertz CT molecular complexity index is 708. The van der Waals surface area contributed by atoms with Crippen molar-refractivity contribution in [2.24, 2.45) is 22.7 Å². The Balaban J connectivity index is 2.24. The maximum absolute atomic E-state index is 12.2. The van der Waals surface area contributed by atoms with Gasteiger partial charge in [-0.2, -0.15) is 0 Å². The van der Waals surface area contributed by atoms with Gasteiger partial charge in [-0.25, -0.2) is 0 Å². The molecular formula is C24H38O5. The van der Waals surface area contributed by atoms with E-state index in [1.54, 1.807) is 0 Å². The molecule has 7 atom stereocenters. The maximum atomic E-state index is 12.2. The number of carbonyl (C=O) groups is 1. The molecule has 2 fully saturated rings. The van der Waals surface area contributed by atoms with Crippen molar-refractivity contribution in [2.75, 3.05) is 6.61 Å². The number of carbonyl (C=O) groups excluding carboxylic acids is 1. The van der Waals surface area contributed by atoms with Gasteiger partial charge < -0.3 is 19.7 Å². The van der Waals surface area contributed by atoms with Crippen molar-refractivity contribution in [1.82, 2.24) is 0 Å². The summed E-state index contributed by atoms with van der Waals surface area (Å²) in [5.41, 5.74) is 2.48. The minimum atomic E-state index is -0.630. The van der Waals surface area contributed by atoms with E-state index in [0.29, 0.717) is 19.4 Å². The highest BCUT2D eigenvalue weighted by Crippen LogP contribution is 2.59. The normalized spacial score (nSPS) is 42.0. The van der Waals surface area contributed by atoms with Crippen LogP contribution in [0.4, 0.5) is 0 Å². The van der Waals surface area contributed by atoms with Gasteiger partial charge in [-0.05, 0) is 61.5 Å². The predicted octanol–water partition coefficient (Wildman–Crippen LogP) is 3.78. The van der Waals surface area contributed by atoms with Crippen molar-refractivity contribution in [2.45, 2.75) is 91.6 Å². The predicted molar refractivity (Wildman–Crippen MR) is 112 cm³/mol. The largest absolute Gasteiger partial charge is 0.461 e. The Hall–Kier alpha value is -1.17. The van der Waals surface area contributed by atoms with Gasteiger partial charge in [0.1, 0.15) is 6.10 Å². The molecule has 2 saturated carbocycles. The smallest absolute Gasteiger partial charge is 0.302 e. The summed E-state index contributed by atoms with van der Waals surface area (Å²) < 4.78 is 12.3. The fourth-order valence-electron chi connectivity index (χ4n) is 6.79. The standard InChI is InChI=1S/C24H38O5/c1-8-28-18-12-24(7)10-9-16(26)14(3)20(24)22(29-15(4)25)21-17(27)11-13(2)19(18)23(21,5)6/h16-18,20-22,26-27H,3,8-12H2,1-2,4-7H3/t16-,17-,18-,20-,21-,22-,24-/m0/s1. The molecule has 3 rings (SSSR count). The summed E-state index contributed by atoms with van der Waals surface area (Å²) in [5.74, 6) is -0.875. The third-order valence-electron chi connectivity index (χ3n) is 7.81. The first-order chi connectivity index (χ1) is 13.4. The van der Waals surface area contributed by atoms with Gasteiger partial charge in [0.05, 0.1) is 18.3 Å². The van der Waals surface area contributed by atoms with Crippen molar-refractivity contribution in [3.8, 4) is 0 Å². The highest BCUT2D eigenvalue weighted by Gasteiger charge is 2.59. The first kappa shape index (κ1) is 22.5. The van der Waals surface area contributed by atoms with Crippen molar-refractivity contribution < 1.29 is 24.5 Å². The second kappa shape index (κ2) is 7.82. The summed E-state index contributed by atoms with van der Waals surface area (Å²) >= 11 is 0. The zero-order chi connectivity index (χ0) is 21.7. The molecule has 2 bridgehead atoms. The molecule has 5 nitrogen and oxygen atoms in total. The molecular weight excluding hydrogens is 368 g/mol. The van der Waals surface area contributed by atoms with E-state index in [1.165, 1.54) is 18.1 Å². The summed E-state index contributed by atoms with van der Waals surface area (Å²) in [7, 11) is 0. The lowest BCUT2D eigenvalue weighted by atomic mass is 9.50. The van der Waals surface area contributed by atoms with Crippen molar-refractivity contribution in [3.63, 3.8) is 0 Å². The van der Waals surface area contributed by atoms with E-state index >= 15 is 0 Å². The minimum Gasteiger partial charge on any atom is -0.461 e. The molecule has 0 heterocycles. The number of hydrogen-bond acceptors (Lipinski definition) is 5. The quantitative estimate of drug-likeness (QED) is 0.551. The van der Waals surface area contributed by atoms with Gasteiger partial charge in [0.15, 0.2) is 0 Å². The third kappa shape index (κ3) is 3.70. The first-order valence-electron chi connectivity index (χ1n) is 11.0. The summed E-state index contributed by atoms with van der Waals surface area (Å²) in [5, 5.41) is 21.8. The van der Waals surface area contributed by atoms with E-state index in [4.69, 9.17) is 9.47 Å². The van der Waals surface area contributed by atoms with Crippen LogP contribution in [-0.2, 0) is 14.3 Å². The van der Waals surface area contributed by atoms with Crippen LogP contribution in [0.5, 0.6) is 0 Å². The number of rotatable bonds is 3. The molecule has 2 N–H and O–H groups in total. The Morgan fingerprint density at radius 3 is 2.52 bits per heavy atom. The molecule has 0 saturated heterocycles. The monoisotopic (exact) mass is 406 g/mol. The van der Waals surface area contributed by atoms with Gasteiger partial charge >= 0.3 is 5.97 Å². The Morgan fingerprint density at radius 2 is 1.93 bits per heavy atom. The van der Waals surface area contributed by atoms with Crippen molar-refractivity contribution in [3.05, 3.63) is 23.3 Å². The van der Waals surface area contributed by atoms with Crippen molar-refractivity contribution in [1.29, 1.82) is 0 Å². The summed E-state index contributed by atoms with van der Waals surface area (Å²) in [6.45, 7) is 16.9. The molecule has 0 aliphatic heterocycles. The van der Waals surface area contributed by atoms with E-state index in [-0.39, 0.29) is 29.3 Å². The van der Waals surface area contributed by atoms with Gasteiger partial charge in [-0.15, -0.1) is 0 Å². The summed E-state index contributed by atoms with van der Waals surface area (Å²) in [4.78, 5) is 12.2. The van der Waals surface area contributed by atoms with Crippen LogP contribution in [0.3, 0.4) is 0 Å². The molecule has 3 aliphatic rings. The second-order valence-electron chi connectivity index (χ2n) is 10.2. The zero-order valence-corrected chi connectivity index (χ0v) is 18.8. The molecule has 164 valence electrons. The average molecular weight is 407 g/mol. The van der Waals surface area contributed by atoms with Gasteiger partial charge in [-0.1, -0.05) is 32.9 Å². The maximum Gasteiger partial charge on any atom is 0.302 e. The summed E-state index contributed by atoms with van der Waals surface area (Å²) in [6.07, 6.45) is 0.943. The lowest BCUT2D eigenvalue weighted by Crippen LogP contribution is -2.59. The van der Waals surface area contributed by atoms with E-state index in [1.807, 2.05) is 6.92 Å². The molecule has 0 aromatic rings. The molecule has 0 radical (unpaired) electrons. The fraction of sp³-hybridized carbons (Fsp3) is 0.792. The number of ether oxygens (including phenoxy) is 2. The number of aliphatic hydroxyl groups excluding tert-OH is 2. The van der Waals surface area contributed by atoms with Crippen LogP contribution in [0.2, 0.25) is 0 Å². The van der Waals surface area contributed by atoms with Crippen LogP contribution in [0, 0.1) is 22.7 Å². The van der Waals surface area contributed by atoms with Crippen LogP contribution in [0.1, 0.15) is 67.2 Å². The number of esters is 1. The third-order valence-corrected chi connectivity index (χ3v) is 7.81.